The third-order valence-electron chi connectivity index (χ3n) is 3.37. The Morgan fingerprint density at radius 1 is 1.37 bits per heavy atom. The molecule has 0 fully saturated rings. The SMILES string of the molecule is CCC(N)C(c1ccccn1)n1nc(C)c(Cl)c1C. The Kier molecular flexibility index (Phi) is 4.22. The summed E-state index contributed by atoms with van der Waals surface area (Å²) in [6.07, 6.45) is 2.62. The van der Waals surface area contributed by atoms with Gasteiger partial charge in [0.15, 0.2) is 0 Å². The van der Waals surface area contributed by atoms with Crippen molar-refractivity contribution in [3.05, 3.63) is 46.5 Å². The molecule has 2 rings (SSSR count). The van der Waals surface area contributed by atoms with Crippen LogP contribution < -0.4 is 5.73 Å². The van der Waals surface area contributed by atoms with Crippen molar-refractivity contribution in [2.24, 2.45) is 5.73 Å². The van der Waals surface area contributed by atoms with Gasteiger partial charge in [0.2, 0.25) is 0 Å². The van der Waals surface area contributed by atoms with Gasteiger partial charge in [-0.1, -0.05) is 24.6 Å². The van der Waals surface area contributed by atoms with E-state index in [-0.39, 0.29) is 12.1 Å². The highest BCUT2D eigenvalue weighted by Crippen LogP contribution is 2.27. The second-order valence-corrected chi connectivity index (χ2v) is 5.08. The Hall–Kier alpha value is -1.39. The number of halogens is 1. The Morgan fingerprint density at radius 2 is 2.11 bits per heavy atom. The van der Waals surface area contributed by atoms with Gasteiger partial charge in [-0.15, -0.1) is 0 Å². The molecule has 102 valence electrons. The molecule has 5 heteroatoms. The summed E-state index contributed by atoms with van der Waals surface area (Å²) in [4.78, 5) is 4.42. The first kappa shape index (κ1) is 14.0. The van der Waals surface area contributed by atoms with Crippen LogP contribution in [0.4, 0.5) is 0 Å². The summed E-state index contributed by atoms with van der Waals surface area (Å²) in [6, 6.07) is 5.70. The zero-order chi connectivity index (χ0) is 14.0. The second-order valence-electron chi connectivity index (χ2n) is 4.70. The molecule has 0 saturated carbocycles. The Bertz CT molecular complexity index is 550. The van der Waals surface area contributed by atoms with Crippen molar-refractivity contribution in [3.63, 3.8) is 0 Å². The smallest absolute Gasteiger partial charge is 0.109 e. The van der Waals surface area contributed by atoms with E-state index in [1.165, 1.54) is 0 Å². The first-order chi connectivity index (χ1) is 9.06. The summed E-state index contributed by atoms with van der Waals surface area (Å²) in [6.45, 7) is 5.92. The van der Waals surface area contributed by atoms with E-state index in [1.54, 1.807) is 6.20 Å². The predicted octanol–water partition coefficient (Wildman–Crippen LogP) is 2.88. The van der Waals surface area contributed by atoms with Gasteiger partial charge in [0.05, 0.1) is 22.1 Å². The van der Waals surface area contributed by atoms with Crippen LogP contribution in [0.25, 0.3) is 0 Å². The molecule has 2 atom stereocenters. The first-order valence-corrected chi connectivity index (χ1v) is 6.81. The topological polar surface area (TPSA) is 56.7 Å². The largest absolute Gasteiger partial charge is 0.326 e. The Labute approximate surface area is 118 Å². The van der Waals surface area contributed by atoms with E-state index in [4.69, 9.17) is 17.3 Å². The van der Waals surface area contributed by atoms with Crippen molar-refractivity contribution >= 4 is 11.6 Å². The number of aromatic nitrogens is 3. The van der Waals surface area contributed by atoms with Gasteiger partial charge in [0.25, 0.3) is 0 Å². The first-order valence-electron chi connectivity index (χ1n) is 6.44. The summed E-state index contributed by atoms with van der Waals surface area (Å²) in [5.41, 5.74) is 8.93. The lowest BCUT2D eigenvalue weighted by atomic mass is 10.0. The number of rotatable bonds is 4. The average molecular weight is 279 g/mol. The molecule has 2 unspecified atom stereocenters. The fourth-order valence-corrected chi connectivity index (χ4v) is 2.34. The molecule has 2 N–H and O–H groups in total. The minimum absolute atomic E-state index is 0.0519. The summed E-state index contributed by atoms with van der Waals surface area (Å²) in [7, 11) is 0. The maximum atomic E-state index is 6.27. The maximum absolute atomic E-state index is 6.27. The molecular weight excluding hydrogens is 260 g/mol. The highest BCUT2D eigenvalue weighted by atomic mass is 35.5. The molecule has 19 heavy (non-hydrogen) atoms. The van der Waals surface area contributed by atoms with Crippen LogP contribution in [-0.4, -0.2) is 20.8 Å². The monoisotopic (exact) mass is 278 g/mol. The second kappa shape index (κ2) is 5.72. The predicted molar refractivity (Wildman–Crippen MR) is 77.4 cm³/mol. The quantitative estimate of drug-likeness (QED) is 0.936. The van der Waals surface area contributed by atoms with E-state index in [2.05, 4.69) is 17.0 Å². The van der Waals surface area contributed by atoms with Crippen molar-refractivity contribution in [2.75, 3.05) is 0 Å². The third kappa shape index (κ3) is 2.65. The van der Waals surface area contributed by atoms with Gasteiger partial charge in [0.1, 0.15) is 6.04 Å². The summed E-state index contributed by atoms with van der Waals surface area (Å²) in [5, 5.41) is 5.22. The minimum atomic E-state index is -0.0857. The lowest BCUT2D eigenvalue weighted by molar-refractivity contribution is 0.407. The third-order valence-corrected chi connectivity index (χ3v) is 3.91. The van der Waals surface area contributed by atoms with Crippen LogP contribution in [-0.2, 0) is 0 Å². The molecule has 0 saturated heterocycles. The van der Waals surface area contributed by atoms with Gasteiger partial charge >= 0.3 is 0 Å². The zero-order valence-corrected chi connectivity index (χ0v) is 12.2. The molecule has 2 aromatic heterocycles. The number of aryl methyl sites for hydroxylation is 1. The van der Waals surface area contributed by atoms with Crippen LogP contribution in [0, 0.1) is 13.8 Å². The molecule has 0 aromatic carbocycles. The normalized spacial score (nSPS) is 14.4. The Morgan fingerprint density at radius 3 is 2.58 bits per heavy atom. The lowest BCUT2D eigenvalue weighted by Gasteiger charge is -2.24. The fraction of sp³-hybridized carbons (Fsp3) is 0.429. The number of hydrogen-bond donors (Lipinski definition) is 1. The van der Waals surface area contributed by atoms with E-state index < -0.39 is 0 Å². The standard InChI is InChI=1S/C14H19ClN4/c1-4-11(16)14(12-7-5-6-8-17-12)19-10(3)13(15)9(2)18-19/h5-8,11,14H,4,16H2,1-3H3. The van der Waals surface area contributed by atoms with E-state index in [0.717, 1.165) is 23.5 Å². The van der Waals surface area contributed by atoms with E-state index in [1.807, 2.05) is 36.7 Å². The molecule has 0 aliphatic carbocycles. The van der Waals surface area contributed by atoms with Gasteiger partial charge in [-0.05, 0) is 32.4 Å². The summed E-state index contributed by atoms with van der Waals surface area (Å²) >= 11 is 6.23. The van der Waals surface area contributed by atoms with E-state index in [0.29, 0.717) is 5.02 Å². The van der Waals surface area contributed by atoms with Crippen LogP contribution in [0.2, 0.25) is 5.02 Å². The lowest BCUT2D eigenvalue weighted by Crippen LogP contribution is -2.34. The number of nitrogens with zero attached hydrogens (tertiary/aromatic N) is 3. The highest BCUT2D eigenvalue weighted by Gasteiger charge is 2.25. The molecule has 0 aliphatic rings. The molecule has 0 spiro atoms. The average Bonchev–Trinajstić information content (AvgIpc) is 2.68. The molecule has 2 heterocycles. The fourth-order valence-electron chi connectivity index (χ4n) is 2.21. The Balaban J connectivity index is 2.52. The van der Waals surface area contributed by atoms with Crippen molar-refractivity contribution < 1.29 is 0 Å². The molecule has 0 amide bonds. The van der Waals surface area contributed by atoms with Gasteiger partial charge in [0, 0.05) is 12.2 Å². The maximum Gasteiger partial charge on any atom is 0.109 e. The van der Waals surface area contributed by atoms with Crippen molar-refractivity contribution in [1.82, 2.24) is 14.8 Å². The zero-order valence-electron chi connectivity index (χ0n) is 11.5. The molecule has 4 nitrogen and oxygen atoms in total. The molecular formula is C14H19ClN4. The van der Waals surface area contributed by atoms with Crippen molar-refractivity contribution in [3.8, 4) is 0 Å². The van der Waals surface area contributed by atoms with E-state index >= 15 is 0 Å². The summed E-state index contributed by atoms with van der Waals surface area (Å²) in [5.74, 6) is 0. The van der Waals surface area contributed by atoms with E-state index in [9.17, 15) is 0 Å². The number of pyridine rings is 1. The van der Waals surface area contributed by atoms with Crippen LogP contribution in [0.5, 0.6) is 0 Å². The van der Waals surface area contributed by atoms with Crippen LogP contribution >= 0.6 is 11.6 Å². The molecule has 2 aromatic rings. The van der Waals surface area contributed by atoms with Gasteiger partial charge < -0.3 is 5.73 Å². The minimum Gasteiger partial charge on any atom is -0.326 e. The van der Waals surface area contributed by atoms with Crippen LogP contribution in [0.1, 0.15) is 36.5 Å². The summed E-state index contributed by atoms with van der Waals surface area (Å²) < 4.78 is 1.90. The van der Waals surface area contributed by atoms with Crippen LogP contribution in [0.3, 0.4) is 0 Å². The molecule has 0 radical (unpaired) electrons. The number of nitrogens with two attached hydrogens (primary N) is 1. The van der Waals surface area contributed by atoms with Crippen molar-refractivity contribution in [1.29, 1.82) is 0 Å². The molecule has 0 bridgehead atoms. The van der Waals surface area contributed by atoms with Gasteiger partial charge in [-0.25, -0.2) is 0 Å². The van der Waals surface area contributed by atoms with Gasteiger partial charge in [-0.3, -0.25) is 9.67 Å². The highest BCUT2D eigenvalue weighted by molar-refractivity contribution is 6.31. The van der Waals surface area contributed by atoms with Gasteiger partial charge in [-0.2, -0.15) is 5.10 Å². The van der Waals surface area contributed by atoms with Crippen molar-refractivity contribution in [2.45, 2.75) is 39.3 Å². The molecule has 0 aliphatic heterocycles. The number of hydrogen-bond acceptors (Lipinski definition) is 3. The van der Waals surface area contributed by atoms with Crippen LogP contribution in [0.15, 0.2) is 24.4 Å².